The third-order valence-corrected chi connectivity index (χ3v) is 6.67. The molecule has 0 atom stereocenters. The molecule has 0 saturated heterocycles. The molecule has 0 bridgehead atoms. The molecule has 0 amide bonds. The summed E-state index contributed by atoms with van der Waals surface area (Å²) in [5, 5.41) is 1.19. The van der Waals surface area contributed by atoms with Crippen LogP contribution in [0.3, 0.4) is 0 Å². The maximum absolute atomic E-state index is 8.67. The molecule has 2 heteroatoms. The molecule has 1 heterocycles. The van der Waals surface area contributed by atoms with E-state index in [0.717, 1.165) is 22.4 Å². The van der Waals surface area contributed by atoms with Crippen molar-refractivity contribution >= 4 is 13.3 Å². The van der Waals surface area contributed by atoms with Gasteiger partial charge in [0.15, 0.2) is 0 Å². The van der Waals surface area contributed by atoms with E-state index in [-0.39, 0.29) is 0 Å². The van der Waals surface area contributed by atoms with Crippen molar-refractivity contribution in [2.45, 2.75) is 46.2 Å². The number of nitrogens with zero attached hydrogens (tertiary/aromatic N) is 1. The number of pyridine rings is 1. The lowest BCUT2D eigenvalue weighted by Crippen LogP contribution is -2.40. The van der Waals surface area contributed by atoms with Gasteiger partial charge in [-0.05, 0) is 52.3 Å². The van der Waals surface area contributed by atoms with E-state index >= 15 is 0 Å². The van der Waals surface area contributed by atoms with Gasteiger partial charge in [-0.25, -0.2) is 0 Å². The first kappa shape index (κ1) is 13.9. The Morgan fingerprint density at radius 3 is 2.31 bits per heavy atom. The largest absolute Gasteiger partial charge is 0.256 e. The lowest BCUT2D eigenvalue weighted by Gasteiger charge is -2.23. The van der Waals surface area contributed by atoms with Crippen molar-refractivity contribution in [3.05, 3.63) is 71.9 Å². The molecule has 0 unspecified atom stereocenters. The molecular weight excluding hydrogens is 330 g/mol. The van der Waals surface area contributed by atoms with Crippen LogP contribution in [-0.2, 0) is 0 Å². The maximum Gasteiger partial charge on any atom is 0.0799 e. The zero-order chi connectivity index (χ0) is 22.3. The Labute approximate surface area is 164 Å². The molecule has 0 radical (unpaired) electrons. The van der Waals surface area contributed by atoms with Gasteiger partial charge in [0.2, 0.25) is 0 Å². The smallest absolute Gasteiger partial charge is 0.0799 e. The predicted octanol–water partition coefficient (Wildman–Crippen LogP) is 6.39. The molecule has 2 aromatic carbocycles. The molecule has 0 saturated carbocycles. The zero-order valence-electron chi connectivity index (χ0n) is 20.2. The van der Waals surface area contributed by atoms with E-state index in [1.165, 1.54) is 5.19 Å². The van der Waals surface area contributed by atoms with Crippen molar-refractivity contribution in [1.82, 2.24) is 4.98 Å². The Balaban J connectivity index is 2.22. The SMILES string of the molecule is [2H]C([2H])([2H])c1ccc(-c2cc(C([2H])(C)C)c([Si](C)(C)C)cn2)cc1-c1ccccc1. The lowest BCUT2D eigenvalue weighted by molar-refractivity contribution is 0.870. The van der Waals surface area contributed by atoms with Gasteiger partial charge in [0.1, 0.15) is 0 Å². The van der Waals surface area contributed by atoms with E-state index in [1.54, 1.807) is 6.07 Å². The molecule has 3 aromatic rings. The second-order valence-electron chi connectivity index (χ2n) is 7.99. The summed E-state index contributed by atoms with van der Waals surface area (Å²) >= 11 is 0. The monoisotopic (exact) mass is 363 g/mol. The van der Waals surface area contributed by atoms with E-state index in [0.29, 0.717) is 11.1 Å². The molecule has 0 fully saturated rings. The van der Waals surface area contributed by atoms with Crippen LogP contribution in [0.2, 0.25) is 19.6 Å². The van der Waals surface area contributed by atoms with Crippen LogP contribution in [0, 0.1) is 6.85 Å². The van der Waals surface area contributed by atoms with E-state index in [1.807, 2.05) is 68.6 Å². The summed E-state index contributed by atoms with van der Waals surface area (Å²) in [6.07, 6.45) is 1.92. The standard InChI is InChI=1S/C24H29NSi/c1-17(2)21-15-23(25-16-24(21)26(4,5)6)20-13-12-18(3)22(14-20)19-10-8-7-9-11-19/h7-17H,1-6H3/i3D3,17D. The van der Waals surface area contributed by atoms with Crippen molar-refractivity contribution in [1.29, 1.82) is 0 Å². The third-order valence-electron chi connectivity index (χ3n) is 4.65. The molecule has 26 heavy (non-hydrogen) atoms. The Hall–Kier alpha value is -2.19. The average molecular weight is 364 g/mol. The Bertz CT molecular complexity index is 1050. The van der Waals surface area contributed by atoms with Gasteiger partial charge in [-0.15, -0.1) is 0 Å². The van der Waals surface area contributed by atoms with Gasteiger partial charge < -0.3 is 0 Å². The van der Waals surface area contributed by atoms with Crippen molar-refractivity contribution in [2.24, 2.45) is 0 Å². The summed E-state index contributed by atoms with van der Waals surface area (Å²) in [5.41, 5.74) is 4.50. The highest BCUT2D eigenvalue weighted by molar-refractivity contribution is 6.89. The summed E-state index contributed by atoms with van der Waals surface area (Å²) in [6.45, 7) is 8.39. The normalized spacial score (nSPS) is 15.0. The maximum atomic E-state index is 8.67. The van der Waals surface area contributed by atoms with Gasteiger partial charge in [-0.3, -0.25) is 4.98 Å². The molecule has 1 aromatic heterocycles. The summed E-state index contributed by atoms with van der Waals surface area (Å²) in [4.78, 5) is 4.73. The predicted molar refractivity (Wildman–Crippen MR) is 117 cm³/mol. The van der Waals surface area contributed by atoms with Gasteiger partial charge in [0.05, 0.1) is 13.8 Å². The summed E-state index contributed by atoms with van der Waals surface area (Å²) in [7, 11) is -1.67. The number of aryl methyl sites for hydroxylation is 1. The number of aromatic nitrogens is 1. The molecule has 0 N–H and O–H groups in total. The highest BCUT2D eigenvalue weighted by Crippen LogP contribution is 2.29. The first-order valence-electron chi connectivity index (χ1n) is 11.0. The molecule has 0 spiro atoms. The van der Waals surface area contributed by atoms with Gasteiger partial charge in [0, 0.05) is 17.2 Å². The number of hydrogen-bond acceptors (Lipinski definition) is 1. The average Bonchev–Trinajstić information content (AvgIpc) is 2.65. The zero-order valence-corrected chi connectivity index (χ0v) is 17.2. The molecular formula is C24H29NSi. The minimum atomic E-state index is -2.20. The highest BCUT2D eigenvalue weighted by Gasteiger charge is 2.22. The summed E-state index contributed by atoms with van der Waals surface area (Å²) in [5.74, 6) is -0.742. The van der Waals surface area contributed by atoms with Crippen molar-refractivity contribution < 1.29 is 5.48 Å². The first-order valence-corrected chi connectivity index (χ1v) is 12.5. The van der Waals surface area contributed by atoms with Crippen LogP contribution in [0.1, 0.15) is 36.4 Å². The lowest BCUT2D eigenvalue weighted by atomic mass is 9.95. The van der Waals surface area contributed by atoms with Crippen LogP contribution in [-0.4, -0.2) is 13.1 Å². The van der Waals surface area contributed by atoms with E-state index in [4.69, 9.17) is 10.5 Å². The second-order valence-corrected chi connectivity index (χ2v) is 13.0. The molecule has 3 rings (SSSR count). The van der Waals surface area contributed by atoms with E-state index in [9.17, 15) is 0 Å². The fraction of sp³-hybridized carbons (Fsp3) is 0.292. The van der Waals surface area contributed by atoms with Crippen LogP contribution >= 0.6 is 0 Å². The number of benzene rings is 2. The van der Waals surface area contributed by atoms with Crippen LogP contribution < -0.4 is 5.19 Å². The van der Waals surface area contributed by atoms with Crippen LogP contribution in [0.4, 0.5) is 0 Å². The van der Waals surface area contributed by atoms with Crippen molar-refractivity contribution in [2.75, 3.05) is 0 Å². The third kappa shape index (κ3) is 3.81. The van der Waals surface area contributed by atoms with Crippen molar-refractivity contribution in [3.63, 3.8) is 0 Å². The van der Waals surface area contributed by atoms with E-state index < -0.39 is 20.8 Å². The van der Waals surface area contributed by atoms with E-state index in [2.05, 4.69) is 19.6 Å². The topological polar surface area (TPSA) is 12.9 Å². The van der Waals surface area contributed by atoms with Crippen LogP contribution in [0.15, 0.2) is 60.8 Å². The van der Waals surface area contributed by atoms with Gasteiger partial charge >= 0.3 is 0 Å². The molecule has 134 valence electrons. The molecule has 0 aliphatic rings. The first-order chi connectivity index (χ1) is 13.8. The highest BCUT2D eigenvalue weighted by atomic mass is 28.3. The molecule has 0 aliphatic carbocycles. The Kier molecular flexibility index (Phi) is 3.86. The molecule has 1 nitrogen and oxygen atoms in total. The van der Waals surface area contributed by atoms with Crippen molar-refractivity contribution in [3.8, 4) is 22.4 Å². The Morgan fingerprint density at radius 1 is 0.962 bits per heavy atom. The Morgan fingerprint density at radius 2 is 1.69 bits per heavy atom. The van der Waals surface area contributed by atoms with Gasteiger partial charge in [-0.1, -0.05) is 76.0 Å². The van der Waals surface area contributed by atoms with Crippen LogP contribution in [0.5, 0.6) is 0 Å². The summed E-state index contributed by atoms with van der Waals surface area (Å²) < 4.78 is 32.5. The minimum absolute atomic E-state index is 0.331. The van der Waals surface area contributed by atoms with Gasteiger partial charge in [-0.2, -0.15) is 0 Å². The quantitative estimate of drug-likeness (QED) is 0.489. The molecule has 0 aliphatic heterocycles. The summed E-state index contributed by atoms with van der Waals surface area (Å²) in [6, 6.07) is 17.0. The number of hydrogen-bond donors (Lipinski definition) is 0. The second kappa shape index (κ2) is 7.20. The fourth-order valence-electron chi connectivity index (χ4n) is 3.18. The fourth-order valence-corrected chi connectivity index (χ4v) is 4.77. The number of rotatable bonds is 4. The van der Waals surface area contributed by atoms with Crippen LogP contribution in [0.25, 0.3) is 22.4 Å². The minimum Gasteiger partial charge on any atom is -0.256 e. The van der Waals surface area contributed by atoms with Gasteiger partial charge in [0.25, 0.3) is 0 Å².